The minimum absolute atomic E-state index is 0.0511. The molecule has 3 rings (SSSR count). The Balaban J connectivity index is 1.77. The molecule has 8 heteroatoms. The van der Waals surface area contributed by atoms with Crippen molar-refractivity contribution in [2.24, 2.45) is 5.10 Å². The Kier molecular flexibility index (Phi) is 7.14. The molecule has 0 saturated heterocycles. The topological polar surface area (TPSA) is 90.8 Å². The fourth-order valence-electron chi connectivity index (χ4n) is 2.31. The predicted octanol–water partition coefficient (Wildman–Crippen LogP) is 3.98. The monoisotopic (exact) mass is 517 g/mol. The second-order valence-electron chi connectivity index (χ2n) is 5.80. The highest BCUT2D eigenvalue weighted by Crippen LogP contribution is 2.17. The molecule has 0 spiro atoms. The van der Waals surface area contributed by atoms with Gasteiger partial charge in [-0.15, -0.1) is 11.3 Å². The van der Waals surface area contributed by atoms with Gasteiger partial charge in [-0.05, 0) is 70.4 Å². The Morgan fingerprint density at radius 1 is 1.07 bits per heavy atom. The number of hydrazone groups is 1. The van der Waals surface area contributed by atoms with Gasteiger partial charge in [0.1, 0.15) is 11.4 Å². The number of amides is 2. The van der Waals surface area contributed by atoms with Crippen molar-refractivity contribution in [3.8, 4) is 5.75 Å². The van der Waals surface area contributed by atoms with E-state index in [1.165, 1.54) is 17.6 Å². The first kappa shape index (κ1) is 20.7. The lowest BCUT2D eigenvalue weighted by atomic mass is 10.2. The van der Waals surface area contributed by atoms with Crippen molar-refractivity contribution in [3.63, 3.8) is 0 Å². The maximum atomic E-state index is 12.6. The van der Waals surface area contributed by atoms with Crippen LogP contribution in [0.5, 0.6) is 5.75 Å². The van der Waals surface area contributed by atoms with Crippen molar-refractivity contribution >= 4 is 58.0 Å². The number of benzene rings is 2. The van der Waals surface area contributed by atoms with Gasteiger partial charge in [0.05, 0.1) is 6.21 Å². The summed E-state index contributed by atoms with van der Waals surface area (Å²) in [5.74, 6) is -0.929. The SMILES string of the molecule is O=C(NN=Cc1cc(I)ccc1O)C(=Cc1cccs1)NC(=O)c1ccccc1. The fourth-order valence-corrected chi connectivity index (χ4v) is 3.48. The molecule has 1 aromatic heterocycles. The first-order valence-corrected chi connectivity index (χ1v) is 10.4. The molecular weight excluding hydrogens is 501 g/mol. The molecule has 3 aromatic rings. The van der Waals surface area contributed by atoms with Crippen LogP contribution in [0.15, 0.2) is 76.8 Å². The molecule has 0 aliphatic carbocycles. The number of thiophene rings is 1. The average molecular weight is 517 g/mol. The van der Waals surface area contributed by atoms with Gasteiger partial charge in [-0.25, -0.2) is 5.43 Å². The van der Waals surface area contributed by atoms with Gasteiger partial charge in [-0.1, -0.05) is 24.3 Å². The molecule has 0 saturated carbocycles. The molecule has 0 aliphatic heterocycles. The summed E-state index contributed by atoms with van der Waals surface area (Å²) in [4.78, 5) is 25.9. The summed E-state index contributed by atoms with van der Waals surface area (Å²) in [6, 6.07) is 17.3. The van der Waals surface area contributed by atoms with Crippen molar-refractivity contribution in [1.82, 2.24) is 10.7 Å². The van der Waals surface area contributed by atoms with Crippen LogP contribution in [0.4, 0.5) is 0 Å². The number of aromatic hydroxyl groups is 1. The zero-order valence-corrected chi connectivity index (χ0v) is 18.0. The lowest BCUT2D eigenvalue weighted by Gasteiger charge is -2.08. The van der Waals surface area contributed by atoms with Crippen LogP contribution in [0.1, 0.15) is 20.8 Å². The van der Waals surface area contributed by atoms with Crippen molar-refractivity contribution in [1.29, 1.82) is 0 Å². The van der Waals surface area contributed by atoms with E-state index in [9.17, 15) is 14.7 Å². The Morgan fingerprint density at radius 2 is 1.86 bits per heavy atom. The van der Waals surface area contributed by atoms with Gasteiger partial charge in [-0.3, -0.25) is 9.59 Å². The quantitative estimate of drug-likeness (QED) is 0.200. The van der Waals surface area contributed by atoms with Gasteiger partial charge >= 0.3 is 0 Å². The van der Waals surface area contributed by atoms with Gasteiger partial charge in [0, 0.05) is 19.6 Å². The molecule has 0 aliphatic rings. The van der Waals surface area contributed by atoms with E-state index < -0.39 is 11.8 Å². The number of carbonyl (C=O) groups excluding carboxylic acids is 2. The minimum atomic E-state index is -0.580. The largest absolute Gasteiger partial charge is 0.507 e. The number of carbonyl (C=O) groups is 2. The minimum Gasteiger partial charge on any atom is -0.507 e. The molecule has 1 heterocycles. The second-order valence-corrected chi connectivity index (χ2v) is 8.02. The highest BCUT2D eigenvalue weighted by molar-refractivity contribution is 14.1. The van der Waals surface area contributed by atoms with Crippen molar-refractivity contribution < 1.29 is 14.7 Å². The maximum Gasteiger partial charge on any atom is 0.287 e. The third kappa shape index (κ3) is 6.00. The number of nitrogens with one attached hydrogen (secondary N) is 2. The first-order valence-electron chi connectivity index (χ1n) is 8.46. The fraction of sp³-hybridized carbons (Fsp3) is 0. The van der Waals surface area contributed by atoms with E-state index in [1.54, 1.807) is 54.6 Å². The van der Waals surface area contributed by atoms with Gasteiger partial charge < -0.3 is 10.4 Å². The van der Waals surface area contributed by atoms with Crippen molar-refractivity contribution in [2.75, 3.05) is 0 Å². The smallest absolute Gasteiger partial charge is 0.287 e. The predicted molar refractivity (Wildman–Crippen MR) is 123 cm³/mol. The third-order valence-corrected chi connectivity index (χ3v) is 5.21. The van der Waals surface area contributed by atoms with E-state index >= 15 is 0 Å². The Bertz CT molecular complexity index is 1060. The molecule has 0 unspecified atom stereocenters. The molecule has 29 heavy (non-hydrogen) atoms. The Labute approximate surface area is 185 Å². The lowest BCUT2D eigenvalue weighted by molar-refractivity contribution is -0.117. The van der Waals surface area contributed by atoms with E-state index in [-0.39, 0.29) is 11.4 Å². The van der Waals surface area contributed by atoms with E-state index in [4.69, 9.17) is 0 Å². The summed E-state index contributed by atoms with van der Waals surface area (Å²) in [5, 5.41) is 18.3. The molecule has 2 amide bonds. The summed E-state index contributed by atoms with van der Waals surface area (Å²) >= 11 is 3.55. The second kappa shape index (κ2) is 9.99. The van der Waals surface area contributed by atoms with Crippen LogP contribution in [0, 0.1) is 3.57 Å². The molecule has 0 radical (unpaired) electrons. The molecule has 0 fully saturated rings. The van der Waals surface area contributed by atoms with Crippen LogP contribution in [0.25, 0.3) is 6.08 Å². The van der Waals surface area contributed by atoms with Gasteiger partial charge in [0.15, 0.2) is 0 Å². The Morgan fingerprint density at radius 3 is 2.59 bits per heavy atom. The van der Waals surface area contributed by atoms with Gasteiger partial charge in [0.2, 0.25) is 0 Å². The average Bonchev–Trinajstić information content (AvgIpc) is 3.23. The first-order chi connectivity index (χ1) is 14.0. The van der Waals surface area contributed by atoms with Crippen LogP contribution in [-0.2, 0) is 4.79 Å². The number of rotatable bonds is 6. The standard InChI is InChI=1S/C21H16IN3O3S/c22-16-8-9-19(26)15(11-16)13-23-25-21(28)18(12-17-7-4-10-29-17)24-20(27)14-5-2-1-3-6-14/h1-13,26H,(H,24,27)(H,25,28). The van der Waals surface area contributed by atoms with E-state index in [1.807, 2.05) is 17.5 Å². The van der Waals surface area contributed by atoms with E-state index in [2.05, 4.69) is 38.4 Å². The van der Waals surface area contributed by atoms with Crippen molar-refractivity contribution in [3.05, 3.63) is 91.3 Å². The molecule has 6 nitrogen and oxygen atoms in total. The van der Waals surface area contributed by atoms with E-state index in [0.717, 1.165) is 8.45 Å². The van der Waals surface area contributed by atoms with Crippen LogP contribution in [0.3, 0.4) is 0 Å². The molecule has 3 N–H and O–H groups in total. The lowest BCUT2D eigenvalue weighted by Crippen LogP contribution is -2.32. The molecule has 2 aromatic carbocycles. The highest BCUT2D eigenvalue weighted by atomic mass is 127. The zero-order valence-electron chi connectivity index (χ0n) is 15.0. The Hall–Kier alpha value is -2.98. The zero-order chi connectivity index (χ0) is 20.6. The van der Waals surface area contributed by atoms with E-state index in [0.29, 0.717) is 11.1 Å². The van der Waals surface area contributed by atoms with Crippen LogP contribution < -0.4 is 10.7 Å². The summed E-state index contributed by atoms with van der Waals surface area (Å²) in [7, 11) is 0. The number of phenolic OH excluding ortho intramolecular Hbond substituents is 1. The van der Waals surface area contributed by atoms with Crippen LogP contribution >= 0.6 is 33.9 Å². The summed E-state index contributed by atoms with van der Waals surface area (Å²) in [6.45, 7) is 0. The van der Waals surface area contributed by atoms with Crippen LogP contribution in [-0.4, -0.2) is 23.1 Å². The number of halogens is 1. The van der Waals surface area contributed by atoms with Gasteiger partial charge in [-0.2, -0.15) is 5.10 Å². The molecule has 146 valence electrons. The van der Waals surface area contributed by atoms with Crippen molar-refractivity contribution in [2.45, 2.75) is 0 Å². The van der Waals surface area contributed by atoms with Crippen LogP contribution in [0.2, 0.25) is 0 Å². The maximum absolute atomic E-state index is 12.6. The molecule has 0 atom stereocenters. The third-order valence-electron chi connectivity index (χ3n) is 3.72. The normalized spacial score (nSPS) is 11.4. The van der Waals surface area contributed by atoms with Gasteiger partial charge in [0.25, 0.3) is 11.8 Å². The highest BCUT2D eigenvalue weighted by Gasteiger charge is 2.14. The summed E-state index contributed by atoms with van der Waals surface area (Å²) in [5.41, 5.74) is 3.35. The summed E-state index contributed by atoms with van der Waals surface area (Å²) < 4.78 is 0.918. The molecular formula is C21H16IN3O3S. The number of phenols is 1. The summed E-state index contributed by atoms with van der Waals surface area (Å²) in [6.07, 6.45) is 2.93. The number of nitrogens with zero attached hydrogens (tertiary/aromatic N) is 1. The number of hydrogen-bond donors (Lipinski definition) is 3. The molecule has 0 bridgehead atoms. The number of hydrogen-bond acceptors (Lipinski definition) is 5.